The first kappa shape index (κ1) is 17.9. The highest BCUT2D eigenvalue weighted by Crippen LogP contribution is 2.24. The molecule has 0 saturated carbocycles. The van der Waals surface area contributed by atoms with E-state index in [1.54, 1.807) is 63.2 Å². The van der Waals surface area contributed by atoms with Gasteiger partial charge in [0.2, 0.25) is 0 Å². The van der Waals surface area contributed by atoms with Crippen LogP contribution in [0.15, 0.2) is 52.1 Å². The highest BCUT2D eigenvalue weighted by Gasteiger charge is 2.36. The second-order valence-electron chi connectivity index (χ2n) is 7.18. The number of rotatable bonds is 3. The number of para-hydroxylation sites is 1. The molecule has 2 amide bonds. The highest BCUT2D eigenvalue weighted by molar-refractivity contribution is 6.21. The fourth-order valence-electron chi connectivity index (χ4n) is 3.73. The molecule has 1 aliphatic heterocycles. The first-order valence-corrected chi connectivity index (χ1v) is 9.02. The van der Waals surface area contributed by atoms with E-state index < -0.39 is 17.5 Å². The van der Waals surface area contributed by atoms with Crippen molar-refractivity contribution in [3.05, 3.63) is 80.0 Å². The number of amides is 2. The van der Waals surface area contributed by atoms with E-state index in [9.17, 15) is 19.2 Å². The molecule has 0 fully saturated rings. The van der Waals surface area contributed by atoms with Gasteiger partial charge in [0.25, 0.3) is 17.4 Å². The summed E-state index contributed by atoms with van der Waals surface area (Å²) in [5.41, 5.74) is 0.873. The Hall–Kier alpha value is -3.48. The molecule has 0 spiro atoms. The maximum atomic E-state index is 13.1. The predicted molar refractivity (Wildman–Crippen MR) is 105 cm³/mol. The Bertz CT molecular complexity index is 1230. The summed E-state index contributed by atoms with van der Waals surface area (Å²) in [4.78, 5) is 52.5. The second kappa shape index (κ2) is 6.30. The molecule has 0 unspecified atom stereocenters. The topological polar surface area (TPSA) is 81.4 Å². The Morgan fingerprint density at radius 1 is 0.857 bits per heavy atom. The van der Waals surface area contributed by atoms with Gasteiger partial charge in [0, 0.05) is 6.04 Å². The average Bonchev–Trinajstić information content (AvgIpc) is 2.90. The largest absolute Gasteiger partial charge is 0.333 e. The molecule has 1 aliphatic rings. The number of imide groups is 1. The van der Waals surface area contributed by atoms with Crippen LogP contribution >= 0.6 is 0 Å². The van der Waals surface area contributed by atoms with Crippen LogP contribution in [0, 0.1) is 6.92 Å². The summed E-state index contributed by atoms with van der Waals surface area (Å²) in [7, 11) is 0. The fourth-order valence-corrected chi connectivity index (χ4v) is 3.73. The van der Waals surface area contributed by atoms with Gasteiger partial charge in [-0.25, -0.2) is 4.79 Å². The highest BCUT2D eigenvalue weighted by atomic mass is 16.2. The lowest BCUT2D eigenvalue weighted by Crippen LogP contribution is -2.45. The predicted octanol–water partition coefficient (Wildman–Crippen LogP) is 2.31. The van der Waals surface area contributed by atoms with Crippen molar-refractivity contribution in [3.63, 3.8) is 0 Å². The van der Waals surface area contributed by atoms with Crippen molar-refractivity contribution < 1.29 is 9.59 Å². The van der Waals surface area contributed by atoms with E-state index in [-0.39, 0.29) is 18.3 Å². The zero-order valence-electron chi connectivity index (χ0n) is 15.8. The zero-order valence-corrected chi connectivity index (χ0v) is 15.8. The number of aromatic nitrogens is 2. The average molecular weight is 377 g/mol. The van der Waals surface area contributed by atoms with Crippen molar-refractivity contribution in [2.24, 2.45) is 0 Å². The molecular formula is C21H19N3O4. The second-order valence-corrected chi connectivity index (χ2v) is 7.18. The maximum absolute atomic E-state index is 13.1. The Balaban J connectivity index is 1.96. The summed E-state index contributed by atoms with van der Waals surface area (Å²) < 4.78 is 2.49. The van der Waals surface area contributed by atoms with Gasteiger partial charge in [-0.3, -0.25) is 28.4 Å². The van der Waals surface area contributed by atoms with E-state index >= 15 is 0 Å². The molecule has 7 nitrogen and oxygen atoms in total. The third-order valence-corrected chi connectivity index (χ3v) is 5.07. The minimum Gasteiger partial charge on any atom is -0.274 e. The summed E-state index contributed by atoms with van der Waals surface area (Å²) in [5.74, 6) is -0.895. The third-order valence-electron chi connectivity index (χ3n) is 5.07. The van der Waals surface area contributed by atoms with E-state index in [1.165, 1.54) is 4.57 Å². The Morgan fingerprint density at radius 2 is 1.46 bits per heavy atom. The molecular weight excluding hydrogens is 358 g/mol. The molecule has 2 heterocycles. The van der Waals surface area contributed by atoms with Gasteiger partial charge in [-0.05, 0) is 44.5 Å². The van der Waals surface area contributed by atoms with Gasteiger partial charge in [0.15, 0.2) is 0 Å². The zero-order chi connectivity index (χ0) is 20.2. The molecule has 0 aliphatic carbocycles. The molecule has 7 heteroatoms. The number of hydrogen-bond donors (Lipinski definition) is 0. The molecule has 142 valence electrons. The summed E-state index contributed by atoms with van der Waals surface area (Å²) in [6.45, 7) is 5.03. The first-order valence-electron chi connectivity index (χ1n) is 9.02. The van der Waals surface area contributed by atoms with E-state index in [0.717, 1.165) is 15.0 Å². The van der Waals surface area contributed by atoms with Crippen LogP contribution in [0.5, 0.6) is 0 Å². The number of carbonyl (C=O) groups is 2. The van der Waals surface area contributed by atoms with Crippen LogP contribution in [0.4, 0.5) is 0 Å². The van der Waals surface area contributed by atoms with E-state index in [1.807, 2.05) is 0 Å². The van der Waals surface area contributed by atoms with Gasteiger partial charge in [-0.1, -0.05) is 24.3 Å². The minimum atomic E-state index is -0.543. The lowest BCUT2D eigenvalue weighted by Gasteiger charge is -2.21. The van der Waals surface area contributed by atoms with Crippen LogP contribution in [0.1, 0.15) is 46.2 Å². The van der Waals surface area contributed by atoms with Gasteiger partial charge < -0.3 is 0 Å². The molecule has 0 atom stereocenters. The van der Waals surface area contributed by atoms with Crippen LogP contribution in [0.25, 0.3) is 10.9 Å². The van der Waals surface area contributed by atoms with Crippen LogP contribution in [0.3, 0.4) is 0 Å². The number of hydrogen-bond acceptors (Lipinski definition) is 4. The molecule has 2 aromatic carbocycles. The van der Waals surface area contributed by atoms with Crippen LogP contribution in [-0.2, 0) is 6.67 Å². The molecule has 0 bridgehead atoms. The van der Waals surface area contributed by atoms with Gasteiger partial charge in [-0.2, -0.15) is 0 Å². The first-order chi connectivity index (χ1) is 13.3. The molecule has 0 saturated heterocycles. The van der Waals surface area contributed by atoms with Gasteiger partial charge >= 0.3 is 5.69 Å². The van der Waals surface area contributed by atoms with Crippen molar-refractivity contribution >= 4 is 22.7 Å². The SMILES string of the molecule is Cc1cccc2c(=O)n(C(C)C)c(=O)n(CN3C(=O)c4ccccc4C3=O)c12. The number of fused-ring (bicyclic) bond motifs is 2. The Kier molecular flexibility index (Phi) is 4.03. The van der Waals surface area contributed by atoms with Crippen LogP contribution < -0.4 is 11.2 Å². The molecule has 28 heavy (non-hydrogen) atoms. The number of aryl methyl sites for hydroxylation is 1. The number of carbonyl (C=O) groups excluding carboxylic acids is 2. The number of benzene rings is 2. The maximum Gasteiger partial charge on any atom is 0.333 e. The van der Waals surface area contributed by atoms with Crippen molar-refractivity contribution in [3.8, 4) is 0 Å². The Morgan fingerprint density at radius 3 is 2.04 bits per heavy atom. The van der Waals surface area contributed by atoms with Gasteiger partial charge in [-0.15, -0.1) is 0 Å². The molecule has 0 radical (unpaired) electrons. The lowest BCUT2D eigenvalue weighted by molar-refractivity contribution is 0.0605. The van der Waals surface area contributed by atoms with Crippen LogP contribution in [0.2, 0.25) is 0 Å². The lowest BCUT2D eigenvalue weighted by atomic mass is 10.1. The summed E-state index contributed by atoms with van der Waals surface area (Å²) in [6.07, 6.45) is 0. The van der Waals surface area contributed by atoms with Crippen molar-refractivity contribution in [2.45, 2.75) is 33.5 Å². The third kappa shape index (κ3) is 2.43. The van der Waals surface area contributed by atoms with Crippen molar-refractivity contribution in [1.82, 2.24) is 14.0 Å². The summed E-state index contributed by atoms with van der Waals surface area (Å²) >= 11 is 0. The summed E-state index contributed by atoms with van der Waals surface area (Å²) in [6, 6.07) is 11.4. The van der Waals surface area contributed by atoms with Crippen molar-refractivity contribution in [1.29, 1.82) is 0 Å². The quantitative estimate of drug-likeness (QED) is 0.656. The van der Waals surface area contributed by atoms with Crippen molar-refractivity contribution in [2.75, 3.05) is 0 Å². The normalized spacial score (nSPS) is 13.6. The van der Waals surface area contributed by atoms with E-state index in [2.05, 4.69) is 0 Å². The molecule has 0 N–H and O–H groups in total. The monoisotopic (exact) mass is 377 g/mol. The van der Waals surface area contributed by atoms with Gasteiger partial charge in [0.05, 0.1) is 22.0 Å². The minimum absolute atomic E-state index is 0.250. The van der Waals surface area contributed by atoms with E-state index in [0.29, 0.717) is 22.0 Å². The molecule has 3 aromatic rings. The fraction of sp³-hybridized carbons (Fsp3) is 0.238. The number of nitrogens with zero attached hydrogens (tertiary/aromatic N) is 3. The Labute approximate surface area is 160 Å². The van der Waals surface area contributed by atoms with Gasteiger partial charge in [0.1, 0.15) is 6.67 Å². The van der Waals surface area contributed by atoms with E-state index in [4.69, 9.17) is 0 Å². The smallest absolute Gasteiger partial charge is 0.274 e. The van der Waals surface area contributed by atoms with Crippen LogP contribution in [-0.4, -0.2) is 25.8 Å². The summed E-state index contributed by atoms with van der Waals surface area (Å²) in [5, 5.41) is 0.380. The standard InChI is InChI=1S/C21H19N3O4/c1-12(2)24-20(27)16-10-6-7-13(3)17(16)22(21(24)28)11-23-18(25)14-8-4-5-9-15(14)19(23)26/h4-10,12H,11H2,1-3H3. The molecule has 4 rings (SSSR count). The molecule has 1 aromatic heterocycles.